The van der Waals surface area contributed by atoms with Crippen LogP contribution in [0.3, 0.4) is 0 Å². The summed E-state index contributed by atoms with van der Waals surface area (Å²) in [5, 5.41) is 6.46. The molecule has 0 bridgehead atoms. The maximum Gasteiger partial charge on any atom is 0.237 e. The van der Waals surface area contributed by atoms with Crippen LogP contribution in [0.5, 0.6) is 0 Å². The Bertz CT molecular complexity index is 279. The average molecular weight is 268 g/mol. The van der Waals surface area contributed by atoms with Crippen LogP contribution in [0.15, 0.2) is 0 Å². The van der Waals surface area contributed by atoms with E-state index in [-0.39, 0.29) is 11.9 Å². The molecule has 2 aliphatic heterocycles. The van der Waals surface area contributed by atoms with Gasteiger partial charge in [0.25, 0.3) is 0 Å². The van der Waals surface area contributed by atoms with E-state index in [9.17, 15) is 4.79 Å². The fourth-order valence-corrected chi connectivity index (χ4v) is 3.07. The van der Waals surface area contributed by atoms with E-state index in [1.165, 1.54) is 0 Å². The summed E-state index contributed by atoms with van der Waals surface area (Å²) in [6.45, 7) is 10.4. The second kappa shape index (κ2) is 7.82. The number of hydrogen-bond acceptors (Lipinski definition) is 4. The van der Waals surface area contributed by atoms with Crippen LogP contribution < -0.4 is 10.6 Å². The van der Waals surface area contributed by atoms with Crippen LogP contribution in [0, 0.1) is 0 Å². The Kier molecular flexibility index (Phi) is 6.07. The van der Waals surface area contributed by atoms with Gasteiger partial charge in [0.05, 0.1) is 6.04 Å². The van der Waals surface area contributed by atoms with Gasteiger partial charge in [-0.2, -0.15) is 0 Å². The van der Waals surface area contributed by atoms with Crippen LogP contribution in [0.25, 0.3) is 0 Å². The lowest BCUT2D eigenvalue weighted by Gasteiger charge is -2.28. The summed E-state index contributed by atoms with van der Waals surface area (Å²) in [6.07, 6.45) is 3.32. The van der Waals surface area contributed by atoms with Crippen LogP contribution in [0.1, 0.15) is 26.2 Å². The number of piperazine rings is 1. The number of hydrogen-bond donors (Lipinski definition) is 2. The van der Waals surface area contributed by atoms with Crippen LogP contribution in [-0.4, -0.2) is 74.1 Å². The number of carbonyl (C=O) groups excluding carboxylic acids is 1. The van der Waals surface area contributed by atoms with Crippen molar-refractivity contribution in [2.75, 3.05) is 52.4 Å². The Morgan fingerprint density at radius 2 is 2.05 bits per heavy atom. The van der Waals surface area contributed by atoms with Crippen molar-refractivity contribution in [1.29, 1.82) is 0 Å². The molecule has 19 heavy (non-hydrogen) atoms. The lowest BCUT2D eigenvalue weighted by molar-refractivity contribution is -0.125. The van der Waals surface area contributed by atoms with E-state index in [0.717, 1.165) is 71.6 Å². The van der Waals surface area contributed by atoms with Gasteiger partial charge in [-0.1, -0.05) is 6.92 Å². The Balaban J connectivity index is 1.65. The van der Waals surface area contributed by atoms with E-state index in [1.54, 1.807) is 0 Å². The predicted molar refractivity (Wildman–Crippen MR) is 77.2 cm³/mol. The summed E-state index contributed by atoms with van der Waals surface area (Å²) >= 11 is 0. The van der Waals surface area contributed by atoms with Crippen molar-refractivity contribution in [3.05, 3.63) is 0 Å². The first-order chi connectivity index (χ1) is 9.31. The predicted octanol–water partition coefficient (Wildman–Crippen LogP) is -0.118. The largest absolute Gasteiger partial charge is 0.353 e. The molecule has 2 N–H and O–H groups in total. The number of likely N-dealkylation sites (tertiary alicyclic amines) is 1. The minimum atomic E-state index is 0.128. The van der Waals surface area contributed by atoms with Gasteiger partial charge >= 0.3 is 0 Å². The van der Waals surface area contributed by atoms with Crippen LogP contribution >= 0.6 is 0 Å². The number of nitrogens with one attached hydrogen (secondary N) is 2. The molecule has 2 saturated heterocycles. The molecule has 0 saturated carbocycles. The molecule has 5 heteroatoms. The molecule has 0 aromatic rings. The third kappa shape index (κ3) is 4.44. The second-order valence-electron chi connectivity index (χ2n) is 5.58. The molecule has 0 aliphatic carbocycles. The Morgan fingerprint density at radius 1 is 1.26 bits per heavy atom. The molecule has 5 nitrogen and oxygen atoms in total. The zero-order valence-corrected chi connectivity index (χ0v) is 12.2. The third-order valence-electron chi connectivity index (χ3n) is 4.11. The summed E-state index contributed by atoms with van der Waals surface area (Å²) in [5.41, 5.74) is 0. The monoisotopic (exact) mass is 268 g/mol. The molecule has 1 unspecified atom stereocenters. The highest BCUT2D eigenvalue weighted by Gasteiger charge is 2.29. The maximum atomic E-state index is 12.2. The molecule has 2 aliphatic rings. The van der Waals surface area contributed by atoms with Crippen LogP contribution in [-0.2, 0) is 4.79 Å². The minimum absolute atomic E-state index is 0.128. The number of rotatable bonds is 6. The van der Waals surface area contributed by atoms with Gasteiger partial charge in [-0.15, -0.1) is 0 Å². The minimum Gasteiger partial charge on any atom is -0.353 e. The molecule has 2 heterocycles. The smallest absolute Gasteiger partial charge is 0.237 e. The standard InChI is InChI=1S/C14H28N4O/c1-2-8-18-9-3-4-13(18)14(19)16-7-12-17-10-5-15-6-11-17/h13,15H,2-12H2,1H3,(H,16,19). The van der Waals surface area contributed by atoms with E-state index in [4.69, 9.17) is 0 Å². The summed E-state index contributed by atoms with van der Waals surface area (Å²) in [4.78, 5) is 16.9. The zero-order valence-electron chi connectivity index (χ0n) is 12.2. The molecular formula is C14H28N4O. The lowest BCUT2D eigenvalue weighted by atomic mass is 10.2. The second-order valence-corrected chi connectivity index (χ2v) is 5.58. The fraction of sp³-hybridized carbons (Fsp3) is 0.929. The first-order valence-corrected chi connectivity index (χ1v) is 7.76. The Morgan fingerprint density at radius 3 is 2.79 bits per heavy atom. The van der Waals surface area contributed by atoms with Gasteiger partial charge in [-0.05, 0) is 32.4 Å². The molecule has 0 aromatic heterocycles. The molecule has 1 amide bonds. The van der Waals surface area contributed by atoms with E-state index in [1.807, 2.05) is 0 Å². The van der Waals surface area contributed by atoms with Crippen molar-refractivity contribution in [2.45, 2.75) is 32.2 Å². The molecule has 2 rings (SSSR count). The van der Waals surface area contributed by atoms with E-state index < -0.39 is 0 Å². The lowest BCUT2D eigenvalue weighted by Crippen LogP contribution is -2.48. The van der Waals surface area contributed by atoms with Gasteiger partial charge in [-0.3, -0.25) is 14.6 Å². The summed E-state index contributed by atoms with van der Waals surface area (Å²) in [5.74, 6) is 0.237. The van der Waals surface area contributed by atoms with Gasteiger partial charge in [0.2, 0.25) is 5.91 Å². The summed E-state index contributed by atoms with van der Waals surface area (Å²) in [6, 6.07) is 0.128. The molecule has 2 fully saturated rings. The SMILES string of the molecule is CCCN1CCCC1C(=O)NCCN1CCNCC1. The number of carbonyl (C=O) groups is 1. The van der Waals surface area contributed by atoms with Gasteiger partial charge in [-0.25, -0.2) is 0 Å². The van der Waals surface area contributed by atoms with E-state index in [2.05, 4.69) is 27.4 Å². The first-order valence-electron chi connectivity index (χ1n) is 7.76. The quantitative estimate of drug-likeness (QED) is 0.705. The highest BCUT2D eigenvalue weighted by molar-refractivity contribution is 5.82. The molecule has 0 spiro atoms. The van der Waals surface area contributed by atoms with E-state index in [0.29, 0.717) is 0 Å². The molecule has 110 valence electrons. The summed E-state index contributed by atoms with van der Waals surface area (Å²) < 4.78 is 0. The van der Waals surface area contributed by atoms with Crippen molar-refractivity contribution >= 4 is 5.91 Å². The fourth-order valence-electron chi connectivity index (χ4n) is 3.07. The number of amides is 1. The highest BCUT2D eigenvalue weighted by Crippen LogP contribution is 2.17. The Hall–Kier alpha value is -0.650. The zero-order chi connectivity index (χ0) is 13.5. The Labute approximate surface area is 116 Å². The summed E-state index contributed by atoms with van der Waals surface area (Å²) in [7, 11) is 0. The van der Waals surface area contributed by atoms with Crippen LogP contribution in [0.4, 0.5) is 0 Å². The normalized spacial score (nSPS) is 25.6. The van der Waals surface area contributed by atoms with Gasteiger partial charge < -0.3 is 10.6 Å². The van der Waals surface area contributed by atoms with Crippen LogP contribution in [0.2, 0.25) is 0 Å². The van der Waals surface area contributed by atoms with Crippen molar-refractivity contribution in [3.63, 3.8) is 0 Å². The van der Waals surface area contributed by atoms with Gasteiger partial charge in [0, 0.05) is 39.3 Å². The van der Waals surface area contributed by atoms with Crippen molar-refractivity contribution in [3.8, 4) is 0 Å². The highest BCUT2D eigenvalue weighted by atomic mass is 16.2. The first kappa shape index (κ1) is 14.8. The molecular weight excluding hydrogens is 240 g/mol. The van der Waals surface area contributed by atoms with Gasteiger partial charge in [0.1, 0.15) is 0 Å². The topological polar surface area (TPSA) is 47.6 Å². The molecule has 0 aromatic carbocycles. The molecule has 0 radical (unpaired) electrons. The van der Waals surface area contributed by atoms with Crippen molar-refractivity contribution in [2.24, 2.45) is 0 Å². The average Bonchev–Trinajstić information content (AvgIpc) is 2.89. The van der Waals surface area contributed by atoms with E-state index >= 15 is 0 Å². The van der Waals surface area contributed by atoms with Crippen molar-refractivity contribution in [1.82, 2.24) is 20.4 Å². The van der Waals surface area contributed by atoms with Crippen molar-refractivity contribution < 1.29 is 4.79 Å². The molecule has 1 atom stereocenters. The number of nitrogens with zero attached hydrogens (tertiary/aromatic N) is 2. The van der Waals surface area contributed by atoms with Gasteiger partial charge in [0.15, 0.2) is 0 Å². The third-order valence-corrected chi connectivity index (χ3v) is 4.11. The maximum absolute atomic E-state index is 12.2.